The van der Waals surface area contributed by atoms with E-state index in [0.717, 1.165) is 12.8 Å². The number of Topliss-reactive ketones (excluding diaryl/α,β-unsaturated/α-hetero) is 1. The zero-order valence-corrected chi connectivity index (χ0v) is 15.0. The molecule has 0 bridgehead atoms. The molecular formula is C16H32N4O4. The smallest absolute Gasteiger partial charge is 0.234 e. The second-order valence-corrected chi connectivity index (χ2v) is 5.36. The number of nitrogens with two attached hydrogens (primary N) is 2. The van der Waals surface area contributed by atoms with Gasteiger partial charge in [0.25, 0.3) is 0 Å². The van der Waals surface area contributed by atoms with Crippen molar-refractivity contribution in [3.8, 4) is 0 Å². The van der Waals surface area contributed by atoms with Crippen molar-refractivity contribution in [1.82, 2.24) is 10.6 Å². The summed E-state index contributed by atoms with van der Waals surface area (Å²) < 4.78 is 0. The summed E-state index contributed by atoms with van der Waals surface area (Å²) in [7, 11) is 0. The van der Waals surface area contributed by atoms with Gasteiger partial charge in [-0.05, 0) is 26.2 Å². The van der Waals surface area contributed by atoms with Crippen LogP contribution in [0.3, 0.4) is 0 Å². The fourth-order valence-electron chi connectivity index (χ4n) is 1.49. The van der Waals surface area contributed by atoms with Crippen molar-refractivity contribution in [1.29, 1.82) is 0 Å². The summed E-state index contributed by atoms with van der Waals surface area (Å²) in [5, 5.41) is 5.34. The summed E-state index contributed by atoms with van der Waals surface area (Å²) in [6.07, 6.45) is 3.63. The molecule has 1 atom stereocenters. The van der Waals surface area contributed by atoms with E-state index < -0.39 is 11.9 Å². The molecule has 0 radical (unpaired) electrons. The van der Waals surface area contributed by atoms with Gasteiger partial charge in [0.05, 0.1) is 6.04 Å². The Morgan fingerprint density at radius 3 is 1.83 bits per heavy atom. The van der Waals surface area contributed by atoms with Crippen molar-refractivity contribution < 1.29 is 19.2 Å². The highest BCUT2D eigenvalue weighted by Gasteiger charge is 2.07. The number of unbranched alkanes of at least 4 members (excludes halogenated alkanes) is 1. The molecule has 8 heteroatoms. The monoisotopic (exact) mass is 344 g/mol. The Morgan fingerprint density at radius 1 is 0.917 bits per heavy atom. The molecule has 0 aliphatic rings. The molecular weight excluding hydrogens is 312 g/mol. The Balaban J connectivity index is 0. The Morgan fingerprint density at radius 2 is 1.42 bits per heavy atom. The van der Waals surface area contributed by atoms with Crippen LogP contribution in [-0.4, -0.2) is 42.6 Å². The van der Waals surface area contributed by atoms with E-state index in [1.54, 1.807) is 13.8 Å². The minimum absolute atomic E-state index is 0.00116. The van der Waals surface area contributed by atoms with Gasteiger partial charge in [-0.2, -0.15) is 0 Å². The van der Waals surface area contributed by atoms with Gasteiger partial charge in [-0.15, -0.1) is 0 Å². The van der Waals surface area contributed by atoms with E-state index in [0.29, 0.717) is 38.8 Å². The molecule has 0 aromatic rings. The van der Waals surface area contributed by atoms with Crippen molar-refractivity contribution >= 4 is 23.5 Å². The lowest BCUT2D eigenvalue weighted by molar-refractivity contribution is -0.122. The number of carbonyl (C=O) groups is 4. The first-order chi connectivity index (χ1) is 11.2. The molecule has 8 nitrogen and oxygen atoms in total. The van der Waals surface area contributed by atoms with Crippen molar-refractivity contribution in [2.75, 3.05) is 13.1 Å². The maximum Gasteiger partial charge on any atom is 0.234 e. The first-order valence-corrected chi connectivity index (χ1v) is 8.32. The van der Waals surface area contributed by atoms with E-state index in [4.69, 9.17) is 11.5 Å². The van der Waals surface area contributed by atoms with Gasteiger partial charge in [0.15, 0.2) is 0 Å². The van der Waals surface area contributed by atoms with Crippen LogP contribution in [0.1, 0.15) is 59.3 Å². The van der Waals surface area contributed by atoms with Crippen LogP contribution in [0.4, 0.5) is 0 Å². The summed E-state index contributed by atoms with van der Waals surface area (Å²) >= 11 is 0. The lowest BCUT2D eigenvalue weighted by atomic mass is 10.1. The topological polar surface area (TPSA) is 144 Å². The highest BCUT2D eigenvalue weighted by Crippen LogP contribution is 1.97. The molecule has 6 N–H and O–H groups in total. The number of amides is 3. The third-order valence-corrected chi connectivity index (χ3v) is 3.07. The molecule has 0 saturated carbocycles. The van der Waals surface area contributed by atoms with Crippen molar-refractivity contribution in [3.63, 3.8) is 0 Å². The largest absolute Gasteiger partial charge is 0.368 e. The molecule has 0 heterocycles. The molecule has 1 unspecified atom stereocenters. The molecule has 0 aromatic carbocycles. The SMILES string of the molecule is CCC(=O)NCCC(C)=O.CCC(=O)NCCCCC(N)C(N)=O. The van der Waals surface area contributed by atoms with Crippen LogP contribution in [-0.2, 0) is 19.2 Å². The lowest BCUT2D eigenvalue weighted by Crippen LogP contribution is -2.36. The standard InChI is InChI=1S/C9H19N3O2.C7H13NO2/c1-2-8(13)12-6-4-3-5-7(10)9(11)14;1-3-7(10)8-5-4-6(2)9/h7H,2-6,10H2,1H3,(H2,11,14)(H,12,13);3-5H2,1-2H3,(H,8,10). The Hall–Kier alpha value is -1.96. The van der Waals surface area contributed by atoms with Gasteiger partial charge in [-0.1, -0.05) is 13.8 Å². The van der Waals surface area contributed by atoms with Gasteiger partial charge in [0, 0.05) is 32.4 Å². The summed E-state index contributed by atoms with van der Waals surface area (Å²) in [6, 6.07) is -0.558. The number of hydrogen-bond donors (Lipinski definition) is 4. The lowest BCUT2D eigenvalue weighted by Gasteiger charge is -2.07. The zero-order valence-electron chi connectivity index (χ0n) is 15.0. The number of rotatable bonds is 11. The third-order valence-electron chi connectivity index (χ3n) is 3.07. The molecule has 0 rings (SSSR count). The third kappa shape index (κ3) is 18.1. The van der Waals surface area contributed by atoms with Crippen LogP contribution < -0.4 is 22.1 Å². The zero-order chi connectivity index (χ0) is 19.0. The van der Waals surface area contributed by atoms with E-state index in [9.17, 15) is 19.2 Å². The van der Waals surface area contributed by atoms with E-state index in [2.05, 4.69) is 10.6 Å². The number of hydrogen-bond acceptors (Lipinski definition) is 5. The molecule has 0 aromatic heterocycles. The quantitative estimate of drug-likeness (QED) is 0.389. The molecule has 0 aliphatic heterocycles. The Bertz CT molecular complexity index is 400. The van der Waals surface area contributed by atoms with Gasteiger partial charge in [-0.3, -0.25) is 19.2 Å². The number of nitrogens with one attached hydrogen (secondary N) is 2. The average molecular weight is 344 g/mol. The van der Waals surface area contributed by atoms with Crippen LogP contribution in [0.5, 0.6) is 0 Å². The minimum Gasteiger partial charge on any atom is -0.368 e. The molecule has 24 heavy (non-hydrogen) atoms. The van der Waals surface area contributed by atoms with Gasteiger partial charge < -0.3 is 22.1 Å². The second-order valence-electron chi connectivity index (χ2n) is 5.36. The Kier molecular flexibility index (Phi) is 16.1. The van der Waals surface area contributed by atoms with Gasteiger partial charge in [-0.25, -0.2) is 0 Å². The molecule has 0 spiro atoms. The first kappa shape index (κ1) is 24.3. The van der Waals surface area contributed by atoms with Crippen LogP contribution in [0.25, 0.3) is 0 Å². The maximum atomic E-state index is 10.8. The Labute approximate surface area is 144 Å². The van der Waals surface area contributed by atoms with Crippen LogP contribution in [0, 0.1) is 0 Å². The predicted octanol–water partition coefficient (Wildman–Crippen LogP) is -0.0128. The van der Waals surface area contributed by atoms with Crippen LogP contribution in [0.2, 0.25) is 0 Å². The maximum absolute atomic E-state index is 10.8. The highest BCUT2D eigenvalue weighted by atomic mass is 16.2. The molecule has 140 valence electrons. The van der Waals surface area contributed by atoms with Gasteiger partial charge in [0.2, 0.25) is 17.7 Å². The normalized spacial score (nSPS) is 10.8. The van der Waals surface area contributed by atoms with Crippen LogP contribution in [0.15, 0.2) is 0 Å². The number of primary amides is 1. The van der Waals surface area contributed by atoms with E-state index in [1.165, 1.54) is 6.92 Å². The fraction of sp³-hybridized carbons (Fsp3) is 0.750. The average Bonchev–Trinajstić information content (AvgIpc) is 2.53. The molecule has 3 amide bonds. The molecule has 0 fully saturated rings. The van der Waals surface area contributed by atoms with Crippen molar-refractivity contribution in [2.45, 2.75) is 65.3 Å². The summed E-state index contributed by atoms with van der Waals surface area (Å²) in [5.74, 6) is -0.315. The summed E-state index contributed by atoms with van der Waals surface area (Å²) in [6.45, 7) is 6.21. The van der Waals surface area contributed by atoms with Crippen molar-refractivity contribution in [2.24, 2.45) is 11.5 Å². The number of ketones is 1. The van der Waals surface area contributed by atoms with E-state index >= 15 is 0 Å². The van der Waals surface area contributed by atoms with Gasteiger partial charge in [0.1, 0.15) is 5.78 Å². The second kappa shape index (κ2) is 15.9. The molecule has 0 aliphatic carbocycles. The van der Waals surface area contributed by atoms with Gasteiger partial charge >= 0.3 is 0 Å². The first-order valence-electron chi connectivity index (χ1n) is 8.32. The van der Waals surface area contributed by atoms with E-state index in [1.807, 2.05) is 0 Å². The molecule has 0 saturated heterocycles. The van der Waals surface area contributed by atoms with Crippen molar-refractivity contribution in [3.05, 3.63) is 0 Å². The predicted molar refractivity (Wildman–Crippen MR) is 92.9 cm³/mol. The summed E-state index contributed by atoms with van der Waals surface area (Å²) in [5.41, 5.74) is 10.4. The minimum atomic E-state index is -0.558. The fourth-order valence-corrected chi connectivity index (χ4v) is 1.49. The van der Waals surface area contributed by atoms with E-state index in [-0.39, 0.29) is 17.6 Å². The number of carbonyl (C=O) groups excluding carboxylic acids is 4. The highest BCUT2D eigenvalue weighted by molar-refractivity contribution is 5.79. The summed E-state index contributed by atoms with van der Waals surface area (Å²) in [4.78, 5) is 42.3. The van der Waals surface area contributed by atoms with Crippen LogP contribution >= 0.6 is 0 Å².